The molecule has 1 aromatic rings. The van der Waals surface area contributed by atoms with Crippen molar-refractivity contribution in [1.82, 2.24) is 5.48 Å². The quantitative estimate of drug-likeness (QED) is 0.651. The van der Waals surface area contributed by atoms with Gasteiger partial charge in [-0.3, -0.25) is 9.63 Å². The number of hydrogen-bond acceptors (Lipinski definition) is 3. The molecule has 110 valence electrons. The molecular weight excluding hydrogens is 325 g/mol. The fraction of sp³-hybridized carbons (Fsp3) is 0.462. The molecule has 0 aromatic heterocycles. The van der Waals surface area contributed by atoms with Gasteiger partial charge in [-0.15, -0.1) is 0 Å². The number of carbonyl (C=O) groups is 1. The Kier molecular flexibility index (Phi) is 5.78. The molecule has 0 spiro atoms. The van der Waals surface area contributed by atoms with Crippen LogP contribution in [-0.4, -0.2) is 18.6 Å². The fourth-order valence-electron chi connectivity index (χ4n) is 1.94. The molecule has 0 radical (unpaired) electrons. The van der Waals surface area contributed by atoms with Crippen LogP contribution in [0, 0.1) is 0 Å². The first-order valence-electron chi connectivity index (χ1n) is 6.28. The van der Waals surface area contributed by atoms with Crippen LogP contribution in [0.4, 0.5) is 0 Å². The van der Waals surface area contributed by atoms with Crippen LogP contribution in [0.1, 0.15) is 25.7 Å². The Bertz CT molecular complexity index is 490. The van der Waals surface area contributed by atoms with Gasteiger partial charge in [-0.05, 0) is 18.9 Å². The molecule has 1 fully saturated rings. The standard InChI is InChI=1S/C13H14Cl3NO3/c14-9-5-11(16)12(6-10(9)15)19-7-13(18)17-20-8-3-1-2-4-8/h5-6,8H,1-4,7H2,(H,17,18). The van der Waals surface area contributed by atoms with E-state index in [9.17, 15) is 4.79 Å². The van der Waals surface area contributed by atoms with Crippen LogP contribution in [-0.2, 0) is 9.63 Å². The van der Waals surface area contributed by atoms with Crippen molar-refractivity contribution in [2.45, 2.75) is 31.8 Å². The molecule has 0 bridgehead atoms. The van der Waals surface area contributed by atoms with Gasteiger partial charge in [0.25, 0.3) is 5.91 Å². The summed E-state index contributed by atoms with van der Waals surface area (Å²) in [6, 6.07) is 2.94. The minimum Gasteiger partial charge on any atom is -0.482 e. The smallest absolute Gasteiger partial charge is 0.281 e. The molecule has 0 aliphatic heterocycles. The van der Waals surface area contributed by atoms with E-state index in [1.807, 2.05) is 0 Å². The highest BCUT2D eigenvalue weighted by molar-refractivity contribution is 6.43. The lowest BCUT2D eigenvalue weighted by Gasteiger charge is -2.12. The lowest BCUT2D eigenvalue weighted by molar-refractivity contribution is -0.140. The number of carbonyl (C=O) groups excluding carboxylic acids is 1. The summed E-state index contributed by atoms with van der Waals surface area (Å²) in [7, 11) is 0. The fourth-order valence-corrected chi connectivity index (χ4v) is 2.53. The van der Waals surface area contributed by atoms with Gasteiger partial charge < -0.3 is 4.74 Å². The highest BCUT2D eigenvalue weighted by atomic mass is 35.5. The molecule has 1 N–H and O–H groups in total. The lowest BCUT2D eigenvalue weighted by Crippen LogP contribution is -2.32. The SMILES string of the molecule is O=C(COc1cc(Cl)c(Cl)cc1Cl)NOC1CCCC1. The van der Waals surface area contributed by atoms with Crippen molar-refractivity contribution in [3.05, 3.63) is 27.2 Å². The zero-order valence-electron chi connectivity index (χ0n) is 10.6. The number of hydroxylamine groups is 1. The number of benzene rings is 1. The Balaban J connectivity index is 1.79. The average Bonchev–Trinajstić information content (AvgIpc) is 2.92. The number of rotatable bonds is 5. The molecule has 0 atom stereocenters. The van der Waals surface area contributed by atoms with Crippen molar-refractivity contribution in [1.29, 1.82) is 0 Å². The van der Waals surface area contributed by atoms with Gasteiger partial charge in [-0.25, -0.2) is 5.48 Å². The Morgan fingerprint density at radius 2 is 1.80 bits per heavy atom. The normalized spacial score (nSPS) is 15.3. The van der Waals surface area contributed by atoms with Crippen LogP contribution in [0.15, 0.2) is 12.1 Å². The van der Waals surface area contributed by atoms with E-state index in [4.69, 9.17) is 44.4 Å². The third-order valence-corrected chi connectivity index (χ3v) is 3.99. The summed E-state index contributed by atoms with van der Waals surface area (Å²) in [6.07, 6.45) is 4.32. The zero-order valence-corrected chi connectivity index (χ0v) is 12.9. The first kappa shape index (κ1) is 15.7. The van der Waals surface area contributed by atoms with Gasteiger partial charge in [-0.2, -0.15) is 0 Å². The predicted octanol–water partition coefficient (Wildman–Crippen LogP) is 4.02. The third kappa shape index (κ3) is 4.42. The molecule has 4 nitrogen and oxygen atoms in total. The molecule has 20 heavy (non-hydrogen) atoms. The van der Waals surface area contributed by atoms with E-state index in [1.165, 1.54) is 12.1 Å². The highest BCUT2D eigenvalue weighted by Crippen LogP contribution is 2.33. The van der Waals surface area contributed by atoms with Crippen molar-refractivity contribution < 1.29 is 14.4 Å². The summed E-state index contributed by atoms with van der Waals surface area (Å²) in [5, 5.41) is 0.940. The number of ether oxygens (including phenoxy) is 1. The minimum atomic E-state index is -0.376. The molecule has 2 rings (SSSR count). The molecule has 0 heterocycles. The summed E-state index contributed by atoms with van der Waals surface area (Å²) in [6.45, 7) is -0.204. The number of halogens is 3. The van der Waals surface area contributed by atoms with Gasteiger partial charge in [-0.1, -0.05) is 47.6 Å². The lowest BCUT2D eigenvalue weighted by atomic mass is 10.3. The summed E-state index contributed by atoms with van der Waals surface area (Å²) in [4.78, 5) is 16.8. The topological polar surface area (TPSA) is 47.6 Å². The number of hydrogen-bond donors (Lipinski definition) is 1. The second-order valence-corrected chi connectivity index (χ2v) is 5.76. The summed E-state index contributed by atoms with van der Waals surface area (Å²) < 4.78 is 5.28. The van der Waals surface area contributed by atoms with Crippen molar-refractivity contribution in [2.75, 3.05) is 6.61 Å². The second kappa shape index (κ2) is 7.36. The van der Waals surface area contributed by atoms with Crippen LogP contribution in [0.2, 0.25) is 15.1 Å². The Morgan fingerprint density at radius 3 is 2.50 bits per heavy atom. The summed E-state index contributed by atoms with van der Waals surface area (Å²) in [5.74, 6) is -0.0730. The van der Waals surface area contributed by atoms with E-state index >= 15 is 0 Å². The van der Waals surface area contributed by atoms with Gasteiger partial charge in [0.1, 0.15) is 5.75 Å². The first-order chi connectivity index (χ1) is 9.56. The van der Waals surface area contributed by atoms with E-state index in [2.05, 4.69) is 5.48 Å². The maximum Gasteiger partial charge on any atom is 0.281 e. The van der Waals surface area contributed by atoms with Crippen molar-refractivity contribution in [3.8, 4) is 5.75 Å². The van der Waals surface area contributed by atoms with Crippen LogP contribution in [0.5, 0.6) is 5.75 Å². The Labute approximate surface area is 132 Å². The molecule has 1 aliphatic carbocycles. The molecule has 0 saturated heterocycles. The number of nitrogens with one attached hydrogen (secondary N) is 1. The molecule has 1 aliphatic rings. The summed E-state index contributed by atoms with van der Waals surface area (Å²) >= 11 is 17.6. The van der Waals surface area contributed by atoms with Crippen molar-refractivity contribution in [3.63, 3.8) is 0 Å². The van der Waals surface area contributed by atoms with E-state index in [1.54, 1.807) is 0 Å². The molecule has 1 aromatic carbocycles. The van der Waals surface area contributed by atoms with Gasteiger partial charge in [0.05, 0.1) is 21.2 Å². The van der Waals surface area contributed by atoms with Crippen LogP contribution in [0.3, 0.4) is 0 Å². The first-order valence-corrected chi connectivity index (χ1v) is 7.41. The van der Waals surface area contributed by atoms with E-state index in [-0.39, 0.29) is 18.6 Å². The maximum absolute atomic E-state index is 11.6. The molecular formula is C13H14Cl3NO3. The summed E-state index contributed by atoms with van der Waals surface area (Å²) in [5.41, 5.74) is 2.37. The minimum absolute atomic E-state index is 0.104. The average molecular weight is 339 g/mol. The van der Waals surface area contributed by atoms with Gasteiger partial charge in [0.2, 0.25) is 0 Å². The zero-order chi connectivity index (χ0) is 14.5. The molecule has 1 saturated carbocycles. The van der Waals surface area contributed by atoms with Gasteiger partial charge in [0, 0.05) is 6.07 Å². The Hall–Kier alpha value is -0.680. The monoisotopic (exact) mass is 337 g/mol. The maximum atomic E-state index is 11.6. The Morgan fingerprint density at radius 1 is 1.15 bits per heavy atom. The molecule has 1 amide bonds. The highest BCUT2D eigenvalue weighted by Gasteiger charge is 2.17. The van der Waals surface area contributed by atoms with Crippen LogP contribution in [0.25, 0.3) is 0 Å². The van der Waals surface area contributed by atoms with E-state index in [0.717, 1.165) is 25.7 Å². The van der Waals surface area contributed by atoms with E-state index < -0.39 is 0 Å². The van der Waals surface area contributed by atoms with Crippen molar-refractivity contribution in [2.24, 2.45) is 0 Å². The molecule has 7 heteroatoms. The van der Waals surface area contributed by atoms with Gasteiger partial charge >= 0.3 is 0 Å². The van der Waals surface area contributed by atoms with E-state index in [0.29, 0.717) is 20.8 Å². The van der Waals surface area contributed by atoms with Crippen molar-refractivity contribution >= 4 is 40.7 Å². The van der Waals surface area contributed by atoms with Crippen LogP contribution < -0.4 is 10.2 Å². The largest absolute Gasteiger partial charge is 0.482 e. The van der Waals surface area contributed by atoms with Gasteiger partial charge in [0.15, 0.2) is 6.61 Å². The third-order valence-electron chi connectivity index (χ3n) is 2.98. The number of amides is 1. The molecule has 0 unspecified atom stereocenters. The second-order valence-electron chi connectivity index (χ2n) is 4.53. The van der Waals surface area contributed by atoms with Crippen LogP contribution >= 0.6 is 34.8 Å². The predicted molar refractivity (Wildman–Crippen MR) is 78.5 cm³/mol.